The van der Waals surface area contributed by atoms with Crippen molar-refractivity contribution < 1.29 is 23.6 Å². The Balaban J connectivity index is 1.52. The van der Waals surface area contributed by atoms with E-state index < -0.39 is 29.7 Å². The smallest absolute Gasteiger partial charge is 0.298 e. The number of benzene rings is 2. The Morgan fingerprint density at radius 1 is 1.00 bits per heavy atom. The minimum absolute atomic E-state index is 0.117. The third kappa shape index (κ3) is 5.66. The molecule has 1 aromatic heterocycles. The summed E-state index contributed by atoms with van der Waals surface area (Å²) in [7, 11) is 1.44. The number of likely N-dealkylation sites (tertiary alicyclic amines) is 1. The number of hydrogen-bond acceptors (Lipinski definition) is 5. The molecular formula is C27H27N3O5. The molecule has 8 nitrogen and oxygen atoms in total. The summed E-state index contributed by atoms with van der Waals surface area (Å²) >= 11 is 0. The third-order valence-corrected chi connectivity index (χ3v) is 6.09. The number of rotatable bonds is 9. The number of carbonyl (C=O) groups is 4. The molecule has 1 N–H and O–H groups in total. The van der Waals surface area contributed by atoms with E-state index in [0.29, 0.717) is 13.0 Å². The first kappa shape index (κ1) is 23.9. The fourth-order valence-electron chi connectivity index (χ4n) is 4.19. The zero-order valence-corrected chi connectivity index (χ0v) is 19.4. The van der Waals surface area contributed by atoms with Gasteiger partial charge in [0.15, 0.2) is 0 Å². The summed E-state index contributed by atoms with van der Waals surface area (Å²) in [6.45, 7) is 0.301. The number of ketones is 1. The number of amides is 3. The predicted molar refractivity (Wildman–Crippen MR) is 129 cm³/mol. The van der Waals surface area contributed by atoms with Crippen LogP contribution in [-0.4, -0.2) is 47.5 Å². The number of likely N-dealkylation sites (N-methyl/N-ethyl adjacent to an activating group) is 1. The lowest BCUT2D eigenvalue weighted by molar-refractivity contribution is -0.140. The number of hydrogen-bond donors (Lipinski definition) is 1. The zero-order chi connectivity index (χ0) is 24.8. The van der Waals surface area contributed by atoms with E-state index in [1.165, 1.54) is 18.2 Å². The number of nitrogens with zero attached hydrogens (tertiary/aromatic N) is 2. The van der Waals surface area contributed by atoms with E-state index in [4.69, 9.17) is 4.42 Å². The maximum Gasteiger partial charge on any atom is 0.298 e. The van der Waals surface area contributed by atoms with E-state index in [1.807, 2.05) is 60.7 Å². The molecule has 0 bridgehead atoms. The minimum Gasteiger partial charge on any atom is -0.448 e. The molecule has 1 aliphatic rings. The zero-order valence-electron chi connectivity index (χ0n) is 19.4. The SMILES string of the molecule is CN(C(=O)C(=O)C(Cc1ccccc1)NC(=O)[C@@H]1CCC(=O)N1Cc1ccccc1)c1ccco1. The molecule has 1 unspecified atom stereocenters. The molecule has 3 amide bonds. The average molecular weight is 474 g/mol. The van der Waals surface area contributed by atoms with E-state index in [-0.39, 0.29) is 24.6 Å². The molecule has 0 aliphatic carbocycles. The predicted octanol–water partition coefficient (Wildman–Crippen LogP) is 2.73. The van der Waals surface area contributed by atoms with Crippen molar-refractivity contribution in [1.29, 1.82) is 0 Å². The van der Waals surface area contributed by atoms with Crippen LogP contribution in [0.4, 0.5) is 5.88 Å². The van der Waals surface area contributed by atoms with Crippen LogP contribution in [0.2, 0.25) is 0 Å². The summed E-state index contributed by atoms with van der Waals surface area (Å²) in [5.41, 5.74) is 1.70. The lowest BCUT2D eigenvalue weighted by atomic mass is 10.0. The Morgan fingerprint density at radius 2 is 1.66 bits per heavy atom. The van der Waals surface area contributed by atoms with Gasteiger partial charge in [-0.3, -0.25) is 24.1 Å². The minimum atomic E-state index is -1.09. The molecular weight excluding hydrogens is 446 g/mol. The number of Topliss-reactive ketones (excluding diaryl/α,β-unsaturated/α-hetero) is 1. The van der Waals surface area contributed by atoms with Crippen LogP contribution >= 0.6 is 0 Å². The highest BCUT2D eigenvalue weighted by atomic mass is 16.3. The monoisotopic (exact) mass is 473 g/mol. The maximum absolute atomic E-state index is 13.3. The normalized spacial score (nSPS) is 16.1. The van der Waals surface area contributed by atoms with Crippen molar-refractivity contribution in [2.75, 3.05) is 11.9 Å². The molecule has 2 aromatic carbocycles. The van der Waals surface area contributed by atoms with Crippen molar-refractivity contribution >= 4 is 29.4 Å². The van der Waals surface area contributed by atoms with Crippen LogP contribution in [0.15, 0.2) is 83.5 Å². The number of carbonyl (C=O) groups excluding carboxylic acids is 4. The molecule has 1 fully saturated rings. The van der Waals surface area contributed by atoms with Gasteiger partial charge in [0.1, 0.15) is 12.1 Å². The second-order valence-electron chi connectivity index (χ2n) is 8.49. The number of furan rings is 1. The quantitative estimate of drug-likeness (QED) is 0.482. The molecule has 2 atom stereocenters. The topological polar surface area (TPSA) is 99.9 Å². The van der Waals surface area contributed by atoms with Crippen LogP contribution in [-0.2, 0) is 32.1 Å². The van der Waals surface area contributed by atoms with Gasteiger partial charge in [-0.2, -0.15) is 0 Å². The highest BCUT2D eigenvalue weighted by molar-refractivity contribution is 6.43. The van der Waals surface area contributed by atoms with Crippen molar-refractivity contribution in [3.8, 4) is 0 Å². The third-order valence-electron chi connectivity index (χ3n) is 6.09. The molecule has 0 saturated carbocycles. The van der Waals surface area contributed by atoms with Crippen LogP contribution in [0.25, 0.3) is 0 Å². The Kier molecular flexibility index (Phi) is 7.40. The maximum atomic E-state index is 13.3. The van der Waals surface area contributed by atoms with Crippen LogP contribution in [0.1, 0.15) is 24.0 Å². The fraction of sp³-hybridized carbons (Fsp3) is 0.259. The van der Waals surface area contributed by atoms with Crippen molar-refractivity contribution in [3.05, 3.63) is 90.2 Å². The first-order chi connectivity index (χ1) is 16.9. The van der Waals surface area contributed by atoms with Crippen LogP contribution in [0.3, 0.4) is 0 Å². The van der Waals surface area contributed by atoms with Gasteiger partial charge in [-0.05, 0) is 23.6 Å². The Labute approximate surface area is 203 Å². The van der Waals surface area contributed by atoms with Gasteiger partial charge in [0.2, 0.25) is 23.5 Å². The second-order valence-corrected chi connectivity index (χ2v) is 8.49. The van der Waals surface area contributed by atoms with E-state index >= 15 is 0 Å². The largest absolute Gasteiger partial charge is 0.448 e. The van der Waals surface area contributed by atoms with Crippen molar-refractivity contribution in [2.24, 2.45) is 0 Å². The van der Waals surface area contributed by atoms with Gasteiger partial charge in [0.05, 0.1) is 6.26 Å². The second kappa shape index (κ2) is 10.8. The summed E-state index contributed by atoms with van der Waals surface area (Å²) in [5, 5.41) is 2.76. The average Bonchev–Trinajstić information content (AvgIpc) is 3.54. The Hall–Kier alpha value is -4.20. The molecule has 8 heteroatoms. The highest BCUT2D eigenvalue weighted by Gasteiger charge is 2.38. The molecule has 2 heterocycles. The van der Waals surface area contributed by atoms with Crippen molar-refractivity contribution in [2.45, 2.75) is 37.9 Å². The van der Waals surface area contributed by atoms with E-state index in [2.05, 4.69) is 5.32 Å². The number of nitrogens with one attached hydrogen (secondary N) is 1. The van der Waals surface area contributed by atoms with Crippen LogP contribution in [0, 0.1) is 0 Å². The first-order valence-corrected chi connectivity index (χ1v) is 11.5. The first-order valence-electron chi connectivity index (χ1n) is 11.5. The lowest BCUT2D eigenvalue weighted by Crippen LogP contribution is -2.53. The molecule has 35 heavy (non-hydrogen) atoms. The Morgan fingerprint density at radius 3 is 2.29 bits per heavy atom. The van der Waals surface area contributed by atoms with Crippen molar-refractivity contribution in [1.82, 2.24) is 10.2 Å². The van der Waals surface area contributed by atoms with Gasteiger partial charge in [-0.25, -0.2) is 0 Å². The van der Waals surface area contributed by atoms with Crippen molar-refractivity contribution in [3.63, 3.8) is 0 Å². The van der Waals surface area contributed by atoms with E-state index in [9.17, 15) is 19.2 Å². The van der Waals surface area contributed by atoms with Gasteiger partial charge >= 0.3 is 0 Å². The van der Waals surface area contributed by atoms with Gasteiger partial charge < -0.3 is 14.6 Å². The summed E-state index contributed by atoms with van der Waals surface area (Å²) in [4.78, 5) is 54.7. The van der Waals surface area contributed by atoms with Crippen LogP contribution in [0.5, 0.6) is 0 Å². The summed E-state index contributed by atoms with van der Waals surface area (Å²) in [6, 6.07) is 20.0. The molecule has 0 spiro atoms. The van der Waals surface area contributed by atoms with Gasteiger partial charge in [0, 0.05) is 32.5 Å². The Bertz CT molecular complexity index is 1180. The summed E-state index contributed by atoms with van der Waals surface area (Å²) in [5.74, 6) is -1.91. The van der Waals surface area contributed by atoms with E-state index in [0.717, 1.165) is 16.0 Å². The molecule has 1 aliphatic heterocycles. The highest BCUT2D eigenvalue weighted by Crippen LogP contribution is 2.22. The summed E-state index contributed by atoms with van der Waals surface area (Å²) < 4.78 is 5.23. The molecule has 4 rings (SSSR count). The summed E-state index contributed by atoms with van der Waals surface area (Å²) in [6.07, 6.45) is 2.15. The van der Waals surface area contributed by atoms with Gasteiger partial charge in [-0.15, -0.1) is 0 Å². The molecule has 1 saturated heterocycles. The molecule has 3 aromatic rings. The van der Waals surface area contributed by atoms with E-state index in [1.54, 1.807) is 12.1 Å². The van der Waals surface area contributed by atoms with Gasteiger partial charge in [-0.1, -0.05) is 60.7 Å². The molecule has 0 radical (unpaired) electrons. The van der Waals surface area contributed by atoms with Crippen LogP contribution < -0.4 is 10.2 Å². The molecule has 180 valence electrons. The lowest BCUT2D eigenvalue weighted by Gasteiger charge is -2.27. The van der Waals surface area contributed by atoms with Gasteiger partial charge in [0.25, 0.3) is 5.91 Å². The standard InChI is InChI=1S/C27H27N3O5/c1-29(24-13-8-16-35-24)27(34)25(32)21(17-19-9-4-2-5-10-19)28-26(33)22-14-15-23(31)30(22)18-20-11-6-3-7-12-20/h2-13,16,21-22H,14-15,17-18H2,1H3,(H,28,33)/t21?,22-/m0/s1. The fourth-order valence-corrected chi connectivity index (χ4v) is 4.19. The number of anilines is 1.